The lowest BCUT2D eigenvalue weighted by atomic mass is 9.97. The highest BCUT2D eigenvalue weighted by Crippen LogP contribution is 2.50. The molecule has 0 saturated carbocycles. The summed E-state index contributed by atoms with van der Waals surface area (Å²) >= 11 is 0. The van der Waals surface area contributed by atoms with Crippen molar-refractivity contribution < 1.29 is 26.6 Å². The van der Waals surface area contributed by atoms with Gasteiger partial charge in [0.05, 0.1) is 20.1 Å². The number of hydrogen-bond donors (Lipinski definition) is 0. The molecule has 0 N–H and O–H groups in total. The molecule has 2 aliphatic rings. The Balaban J connectivity index is 2.25. The van der Waals surface area contributed by atoms with Gasteiger partial charge in [-0.1, -0.05) is 6.07 Å². The Morgan fingerprint density at radius 3 is 2.57 bits per heavy atom. The maximum Gasteiger partial charge on any atom is 0.417 e. The Bertz CT molecular complexity index is 969. The fourth-order valence-electron chi connectivity index (χ4n) is 3.33. The molecule has 2 atom stereocenters. The molecule has 0 radical (unpaired) electrons. The fourth-order valence-corrected chi connectivity index (χ4v) is 3.33. The lowest BCUT2D eigenvalue weighted by Crippen LogP contribution is -2.39. The highest BCUT2D eigenvalue weighted by molar-refractivity contribution is 6.06. The van der Waals surface area contributed by atoms with E-state index in [9.17, 15) is 15.8 Å². The molecule has 3 rings (SSSR count). The smallest absolute Gasteiger partial charge is 0.417 e. The minimum atomic E-state index is -2.09. The summed E-state index contributed by atoms with van der Waals surface area (Å²) in [4.78, 5) is 40.7. The van der Waals surface area contributed by atoms with Crippen molar-refractivity contribution >= 4 is 18.0 Å². The summed E-state index contributed by atoms with van der Waals surface area (Å²) in [5.74, 6) is -3.12. The number of benzene rings is 1. The van der Waals surface area contributed by atoms with Crippen LogP contribution in [0.1, 0.15) is 51.0 Å². The number of methoxy groups -OCH3 is 1. The first-order valence-electron chi connectivity index (χ1n) is 9.94. The maximum atomic E-state index is 13.3. The number of carbonyl (C=O) groups is 3. The third-order valence-corrected chi connectivity index (χ3v) is 4.38. The molecule has 1 fully saturated rings. The van der Waals surface area contributed by atoms with E-state index >= 15 is 0 Å². The fraction of sp³-hybridized carbons (Fsp3) is 0.476. The van der Waals surface area contributed by atoms with Crippen molar-refractivity contribution in [1.82, 2.24) is 9.80 Å². The topological polar surface area (TPSA) is 76.1 Å². The van der Waals surface area contributed by atoms with Crippen LogP contribution in [0.3, 0.4) is 0 Å². The van der Waals surface area contributed by atoms with Crippen molar-refractivity contribution in [2.45, 2.75) is 38.8 Å². The molecular weight excluding hydrogens is 360 g/mol. The number of esters is 1. The molecule has 28 heavy (non-hydrogen) atoms. The van der Waals surface area contributed by atoms with Gasteiger partial charge in [-0.05, 0) is 50.5 Å². The molecule has 1 aromatic rings. The third-order valence-electron chi connectivity index (χ3n) is 4.38. The van der Waals surface area contributed by atoms with Crippen LogP contribution in [0.5, 0.6) is 0 Å². The predicted octanol–water partition coefficient (Wildman–Crippen LogP) is 2.91. The van der Waals surface area contributed by atoms with E-state index in [1.54, 1.807) is 51.9 Å². The Kier molecular flexibility index (Phi) is 4.30. The summed E-state index contributed by atoms with van der Waals surface area (Å²) in [6, 6.07) is 2.52. The number of amides is 2. The molecule has 1 heterocycles. The van der Waals surface area contributed by atoms with Gasteiger partial charge in [0.25, 0.3) is 5.91 Å². The molecule has 2 unspecified atom stereocenters. The minimum Gasteiger partial charge on any atom is -0.465 e. The normalized spacial score (nSPS) is 28.4. The van der Waals surface area contributed by atoms with E-state index < -0.39 is 35.5 Å². The van der Waals surface area contributed by atoms with Crippen molar-refractivity contribution in [2.75, 3.05) is 21.2 Å². The Labute approximate surface area is 167 Å². The number of carbonyl (C=O) groups excluding carboxylic acids is 3. The van der Waals surface area contributed by atoms with Gasteiger partial charge in [-0.2, -0.15) is 0 Å². The molecule has 2 amide bonds. The average Bonchev–Trinajstić information content (AvgIpc) is 2.93. The van der Waals surface area contributed by atoms with Crippen LogP contribution in [-0.2, 0) is 20.7 Å². The number of fused-ring (bicyclic) bond motifs is 3. The first-order chi connectivity index (χ1) is 13.8. The van der Waals surface area contributed by atoms with Crippen LogP contribution in [0.4, 0.5) is 4.79 Å². The number of rotatable bonds is 2. The summed E-state index contributed by atoms with van der Waals surface area (Å²) in [5.41, 5.74) is 0.139. The lowest BCUT2D eigenvalue weighted by molar-refractivity contribution is -0.125. The van der Waals surface area contributed by atoms with Crippen LogP contribution in [0.2, 0.25) is 0 Å². The molecule has 1 aliphatic carbocycles. The molecule has 0 aromatic heterocycles. The van der Waals surface area contributed by atoms with Gasteiger partial charge in [-0.25, -0.2) is 14.5 Å². The van der Waals surface area contributed by atoms with E-state index in [4.69, 9.17) is 10.8 Å². The number of nitrogens with zero attached hydrogens (tertiary/aromatic N) is 2. The van der Waals surface area contributed by atoms with Crippen molar-refractivity contribution in [3.05, 3.63) is 46.7 Å². The number of imide groups is 1. The van der Waals surface area contributed by atoms with Crippen molar-refractivity contribution in [2.24, 2.45) is 5.89 Å². The summed E-state index contributed by atoms with van der Waals surface area (Å²) in [7, 11) is 4.64. The van der Waals surface area contributed by atoms with E-state index in [2.05, 4.69) is 0 Å². The summed E-state index contributed by atoms with van der Waals surface area (Å²) in [6.07, 6.45) is 0.506. The number of likely N-dealkylation sites (tertiary alicyclic amines) is 1. The molecule has 7 heteroatoms. The molecule has 1 aliphatic heterocycles. The largest absolute Gasteiger partial charge is 0.465 e. The van der Waals surface area contributed by atoms with E-state index in [0.29, 0.717) is 10.5 Å². The zero-order valence-electron chi connectivity index (χ0n) is 19.0. The van der Waals surface area contributed by atoms with Crippen LogP contribution in [0.25, 0.3) is 0 Å². The van der Waals surface area contributed by atoms with Gasteiger partial charge in [-0.15, -0.1) is 0 Å². The van der Waals surface area contributed by atoms with Crippen LogP contribution in [0, 0.1) is 5.89 Å². The quantitative estimate of drug-likeness (QED) is 0.573. The molecule has 1 saturated heterocycles. The van der Waals surface area contributed by atoms with Crippen molar-refractivity contribution in [1.29, 1.82) is 0 Å². The van der Waals surface area contributed by atoms with Crippen molar-refractivity contribution in [3.8, 4) is 0 Å². The molecule has 7 nitrogen and oxygen atoms in total. The van der Waals surface area contributed by atoms with Gasteiger partial charge >= 0.3 is 12.1 Å². The average molecular weight is 388 g/mol. The van der Waals surface area contributed by atoms with Crippen LogP contribution >= 0.6 is 0 Å². The Morgan fingerprint density at radius 2 is 2.00 bits per heavy atom. The van der Waals surface area contributed by atoms with Gasteiger partial charge in [0.1, 0.15) is 5.60 Å². The number of hydrogen-bond acceptors (Lipinski definition) is 6. The van der Waals surface area contributed by atoms with E-state index in [-0.39, 0.29) is 23.1 Å². The first-order valence-corrected chi connectivity index (χ1v) is 8.94. The number of ether oxygens (including phenoxy) is 2. The second kappa shape index (κ2) is 6.96. The minimum absolute atomic E-state index is 0.0178. The second-order valence-corrected chi connectivity index (χ2v) is 7.99. The molecular formula is C21H26N2O5. The van der Waals surface area contributed by atoms with Crippen LogP contribution < -0.4 is 0 Å². The maximum absolute atomic E-state index is 13.3. The zero-order chi connectivity index (χ0) is 22.6. The monoisotopic (exact) mass is 388 g/mol. The Morgan fingerprint density at radius 1 is 1.32 bits per heavy atom. The standard InChI is InChI=1S/C21H26N2O5/c1-21(2,3)28-20(26)23-17-14-10-13(19(25)27-6)8-7-12(14)9-15(17)16(18(23)24)11-22(4)5/h7-8,10-11,15,17H,9H2,1-6H3/i15D,17D. The summed E-state index contributed by atoms with van der Waals surface area (Å²) in [6.45, 7) is 4.97. The predicted molar refractivity (Wildman–Crippen MR) is 103 cm³/mol. The Hall–Kier alpha value is -2.83. The first kappa shape index (κ1) is 17.3. The summed E-state index contributed by atoms with van der Waals surface area (Å²) < 4.78 is 28.6. The lowest BCUT2D eigenvalue weighted by Gasteiger charge is -2.27. The van der Waals surface area contributed by atoms with Crippen molar-refractivity contribution in [3.63, 3.8) is 0 Å². The van der Waals surface area contributed by atoms with Gasteiger partial charge < -0.3 is 14.4 Å². The summed E-state index contributed by atoms with van der Waals surface area (Å²) in [5, 5.41) is 0. The highest BCUT2D eigenvalue weighted by Gasteiger charge is 2.53. The second-order valence-electron chi connectivity index (χ2n) is 7.99. The molecule has 0 bridgehead atoms. The van der Waals surface area contributed by atoms with Gasteiger partial charge in [0.2, 0.25) is 0 Å². The van der Waals surface area contributed by atoms with Crippen LogP contribution in [-0.4, -0.2) is 54.6 Å². The van der Waals surface area contributed by atoms with E-state index in [0.717, 1.165) is 0 Å². The van der Waals surface area contributed by atoms with Gasteiger partial charge in [0, 0.05) is 33.1 Å². The molecule has 150 valence electrons. The molecule has 0 spiro atoms. The SMILES string of the molecule is [2H]C12Cc3ccc(C(=O)OC)cc3C1([2H])N(C(=O)OC(C)(C)C)C(=O)C2=CN(C)C. The van der Waals surface area contributed by atoms with Gasteiger partial charge in [-0.3, -0.25) is 4.79 Å². The van der Waals surface area contributed by atoms with Crippen LogP contribution in [0.15, 0.2) is 30.0 Å². The van der Waals surface area contributed by atoms with E-state index in [1.165, 1.54) is 19.4 Å². The zero-order valence-corrected chi connectivity index (χ0v) is 17.0. The van der Waals surface area contributed by atoms with E-state index in [1.807, 2.05) is 0 Å². The third kappa shape index (κ3) is 3.48. The highest BCUT2D eigenvalue weighted by atomic mass is 16.6. The van der Waals surface area contributed by atoms with Gasteiger partial charge in [0.15, 0.2) is 0 Å². The molecule has 1 aromatic carbocycles.